The molecule has 0 spiro atoms. The van der Waals surface area contributed by atoms with Gasteiger partial charge < -0.3 is 4.74 Å². The van der Waals surface area contributed by atoms with Gasteiger partial charge in [0.2, 0.25) is 0 Å². The van der Waals surface area contributed by atoms with Crippen molar-refractivity contribution in [2.24, 2.45) is 17.8 Å². The van der Waals surface area contributed by atoms with Crippen molar-refractivity contribution in [1.82, 2.24) is 0 Å². The minimum atomic E-state index is -4.49. The standard InChI is InChI=1S/C29H35F3O2/c1-2-4-20-7-9-21(10-8-20)22-11-13-23(14-12-22)24-15-17-27(18-16-24)34-28(33)25-5-3-6-26(19-25)29(30,31)32/h3,5-6,15-23H,2,4,7-14H2,1H3/t20-,21-,22?,23?. The van der Waals surface area contributed by atoms with E-state index >= 15 is 0 Å². The van der Waals surface area contributed by atoms with Crippen molar-refractivity contribution >= 4 is 5.97 Å². The average molecular weight is 473 g/mol. The van der Waals surface area contributed by atoms with E-state index in [0.29, 0.717) is 11.7 Å². The van der Waals surface area contributed by atoms with Gasteiger partial charge in [0.15, 0.2) is 0 Å². The lowest BCUT2D eigenvalue weighted by Gasteiger charge is -2.38. The molecule has 5 heteroatoms. The van der Waals surface area contributed by atoms with Crippen LogP contribution in [0.4, 0.5) is 13.2 Å². The summed E-state index contributed by atoms with van der Waals surface area (Å²) in [6.07, 6.45) is 8.84. The van der Waals surface area contributed by atoms with Crippen molar-refractivity contribution in [3.05, 3.63) is 65.2 Å². The third kappa shape index (κ3) is 6.22. The number of halogens is 3. The molecular formula is C29H35F3O2. The minimum absolute atomic E-state index is 0.110. The highest BCUT2D eigenvalue weighted by molar-refractivity contribution is 5.91. The zero-order valence-electron chi connectivity index (χ0n) is 19.9. The van der Waals surface area contributed by atoms with Crippen molar-refractivity contribution < 1.29 is 22.7 Å². The molecule has 2 aliphatic rings. The molecule has 184 valence electrons. The molecule has 34 heavy (non-hydrogen) atoms. The number of carbonyl (C=O) groups excluding carboxylic acids is 1. The van der Waals surface area contributed by atoms with Crippen LogP contribution in [-0.4, -0.2) is 5.97 Å². The number of ether oxygens (including phenoxy) is 1. The number of rotatable bonds is 6. The molecule has 0 aliphatic heterocycles. The second-order valence-electron chi connectivity index (χ2n) is 10.2. The molecule has 0 amide bonds. The van der Waals surface area contributed by atoms with Crippen LogP contribution in [0.15, 0.2) is 48.5 Å². The van der Waals surface area contributed by atoms with E-state index in [9.17, 15) is 18.0 Å². The summed E-state index contributed by atoms with van der Waals surface area (Å²) in [5.41, 5.74) is 0.284. The summed E-state index contributed by atoms with van der Waals surface area (Å²) in [6, 6.07) is 11.8. The first kappa shape index (κ1) is 24.8. The largest absolute Gasteiger partial charge is 0.423 e. The lowest BCUT2D eigenvalue weighted by molar-refractivity contribution is -0.137. The zero-order chi connectivity index (χ0) is 24.1. The first-order chi connectivity index (χ1) is 16.3. The summed E-state index contributed by atoms with van der Waals surface area (Å²) in [4.78, 5) is 12.3. The third-order valence-electron chi connectivity index (χ3n) is 8.01. The van der Waals surface area contributed by atoms with Crippen molar-refractivity contribution in [2.75, 3.05) is 0 Å². The van der Waals surface area contributed by atoms with E-state index in [0.717, 1.165) is 29.9 Å². The maximum Gasteiger partial charge on any atom is 0.416 e. The van der Waals surface area contributed by atoms with Crippen LogP contribution < -0.4 is 4.74 Å². The Kier molecular flexibility index (Phi) is 8.00. The fourth-order valence-corrected chi connectivity index (χ4v) is 6.08. The number of hydrogen-bond donors (Lipinski definition) is 0. The Morgan fingerprint density at radius 2 is 1.50 bits per heavy atom. The molecule has 0 bridgehead atoms. The second-order valence-corrected chi connectivity index (χ2v) is 10.2. The van der Waals surface area contributed by atoms with E-state index in [-0.39, 0.29) is 5.56 Å². The predicted molar refractivity (Wildman–Crippen MR) is 128 cm³/mol. The summed E-state index contributed by atoms with van der Waals surface area (Å²) in [5.74, 6) is 2.83. The Hall–Kier alpha value is -2.30. The van der Waals surface area contributed by atoms with Crippen LogP contribution in [0.25, 0.3) is 0 Å². The van der Waals surface area contributed by atoms with Crippen LogP contribution in [0, 0.1) is 17.8 Å². The van der Waals surface area contributed by atoms with Crippen LogP contribution in [0.2, 0.25) is 0 Å². The van der Waals surface area contributed by atoms with Crippen molar-refractivity contribution in [3.63, 3.8) is 0 Å². The van der Waals surface area contributed by atoms with E-state index in [4.69, 9.17) is 4.74 Å². The highest BCUT2D eigenvalue weighted by atomic mass is 19.4. The summed E-state index contributed by atoms with van der Waals surface area (Å²) >= 11 is 0. The van der Waals surface area contributed by atoms with Crippen molar-refractivity contribution in [1.29, 1.82) is 0 Å². The van der Waals surface area contributed by atoms with Gasteiger partial charge in [-0.05, 0) is 98.1 Å². The van der Waals surface area contributed by atoms with Gasteiger partial charge in [0, 0.05) is 0 Å². The summed E-state index contributed by atoms with van der Waals surface area (Å²) in [7, 11) is 0. The number of benzene rings is 2. The quantitative estimate of drug-likeness (QED) is 0.310. The van der Waals surface area contributed by atoms with Gasteiger partial charge in [-0.2, -0.15) is 13.2 Å². The Morgan fingerprint density at radius 3 is 2.09 bits per heavy atom. The van der Waals surface area contributed by atoms with E-state index in [1.54, 1.807) is 12.1 Å². The molecule has 2 aromatic carbocycles. The first-order valence-corrected chi connectivity index (χ1v) is 12.8. The van der Waals surface area contributed by atoms with Crippen LogP contribution in [0.3, 0.4) is 0 Å². The summed E-state index contributed by atoms with van der Waals surface area (Å²) in [6.45, 7) is 2.29. The number of alkyl halides is 3. The van der Waals surface area contributed by atoms with Gasteiger partial charge in [0.1, 0.15) is 5.75 Å². The maximum absolute atomic E-state index is 12.9. The smallest absolute Gasteiger partial charge is 0.416 e. The topological polar surface area (TPSA) is 26.3 Å². The lowest BCUT2D eigenvalue weighted by atomic mass is 9.68. The van der Waals surface area contributed by atoms with Crippen molar-refractivity contribution in [3.8, 4) is 5.75 Å². The number of hydrogen-bond acceptors (Lipinski definition) is 2. The zero-order valence-corrected chi connectivity index (χ0v) is 19.9. The van der Waals surface area contributed by atoms with Gasteiger partial charge in [0.05, 0.1) is 11.1 Å². The van der Waals surface area contributed by atoms with E-state index < -0.39 is 17.7 Å². The third-order valence-corrected chi connectivity index (χ3v) is 8.01. The van der Waals surface area contributed by atoms with E-state index in [2.05, 4.69) is 6.92 Å². The van der Waals surface area contributed by atoms with Gasteiger partial charge in [-0.25, -0.2) is 4.79 Å². The predicted octanol–water partition coefficient (Wildman–Crippen LogP) is 8.80. The minimum Gasteiger partial charge on any atom is -0.423 e. The van der Waals surface area contributed by atoms with Gasteiger partial charge in [-0.15, -0.1) is 0 Å². The van der Waals surface area contributed by atoms with Crippen LogP contribution in [-0.2, 0) is 6.18 Å². The second kappa shape index (κ2) is 11.0. The van der Waals surface area contributed by atoms with Crippen molar-refractivity contribution in [2.45, 2.75) is 83.2 Å². The molecule has 2 aliphatic carbocycles. The van der Waals surface area contributed by atoms with Gasteiger partial charge >= 0.3 is 12.1 Å². The van der Waals surface area contributed by atoms with Crippen LogP contribution >= 0.6 is 0 Å². The SMILES string of the molecule is CCC[C@H]1CC[C@H](C2CCC(c3ccc(OC(=O)c4cccc(C(F)(F)F)c4)cc3)CC2)CC1. The molecule has 0 N–H and O–H groups in total. The molecule has 2 aromatic rings. The highest BCUT2D eigenvalue weighted by Crippen LogP contribution is 2.44. The van der Waals surface area contributed by atoms with Gasteiger partial charge in [0.25, 0.3) is 0 Å². The molecule has 0 saturated heterocycles. The summed E-state index contributed by atoms with van der Waals surface area (Å²) < 4.78 is 44.0. The van der Waals surface area contributed by atoms with Gasteiger partial charge in [-0.3, -0.25) is 0 Å². The Morgan fingerprint density at radius 1 is 0.882 bits per heavy atom. The molecule has 0 heterocycles. The number of carbonyl (C=O) groups is 1. The summed E-state index contributed by atoms with van der Waals surface area (Å²) in [5, 5.41) is 0. The molecule has 0 unspecified atom stereocenters. The molecular weight excluding hydrogens is 437 g/mol. The maximum atomic E-state index is 12.9. The fourth-order valence-electron chi connectivity index (χ4n) is 6.08. The molecule has 4 rings (SSSR count). The van der Waals surface area contributed by atoms with Crippen LogP contribution in [0.5, 0.6) is 5.75 Å². The first-order valence-electron chi connectivity index (χ1n) is 12.8. The monoisotopic (exact) mass is 472 g/mol. The Balaban J connectivity index is 1.28. The molecule has 0 aromatic heterocycles. The molecule has 0 radical (unpaired) electrons. The highest BCUT2D eigenvalue weighted by Gasteiger charge is 2.32. The Bertz CT molecular complexity index is 935. The molecule has 2 fully saturated rings. The normalized spacial score (nSPS) is 25.6. The fraction of sp³-hybridized carbons (Fsp3) is 0.552. The van der Waals surface area contributed by atoms with E-state index in [1.165, 1.54) is 81.9 Å². The Labute approximate surface area is 200 Å². The van der Waals surface area contributed by atoms with Crippen LogP contribution in [0.1, 0.15) is 98.5 Å². The number of esters is 1. The molecule has 2 nitrogen and oxygen atoms in total. The molecule has 2 saturated carbocycles. The average Bonchev–Trinajstić information content (AvgIpc) is 2.85. The van der Waals surface area contributed by atoms with Gasteiger partial charge in [-0.1, -0.05) is 50.8 Å². The lowest BCUT2D eigenvalue weighted by Crippen LogP contribution is -2.25. The van der Waals surface area contributed by atoms with E-state index in [1.807, 2.05) is 12.1 Å². The molecule has 0 atom stereocenters.